The molecule has 2 atom stereocenters. The third kappa shape index (κ3) is 5.00. The van der Waals surface area contributed by atoms with E-state index < -0.39 is 0 Å². The van der Waals surface area contributed by atoms with E-state index >= 15 is 0 Å². The molecule has 5 heteroatoms. The van der Waals surface area contributed by atoms with Gasteiger partial charge in [0.05, 0.1) is 37.6 Å². The Labute approximate surface area is 116 Å². The highest BCUT2D eigenvalue weighted by molar-refractivity contribution is 4.81. The summed E-state index contributed by atoms with van der Waals surface area (Å²) in [4.78, 5) is 2.40. The molecule has 2 unspecified atom stereocenters. The Bertz CT molecular complexity index is 273. The minimum atomic E-state index is -0.0906. The summed E-state index contributed by atoms with van der Waals surface area (Å²) in [7, 11) is 0. The topological polar surface area (TPSA) is 43.0 Å². The molecule has 0 aromatic carbocycles. The molecule has 112 valence electrons. The molecule has 2 fully saturated rings. The molecule has 0 amide bonds. The van der Waals surface area contributed by atoms with Crippen LogP contribution in [0.2, 0.25) is 0 Å². The van der Waals surface area contributed by atoms with E-state index in [1.165, 1.54) is 0 Å². The monoisotopic (exact) mass is 272 g/mol. The van der Waals surface area contributed by atoms with Crippen LogP contribution < -0.4 is 5.32 Å². The molecule has 2 aliphatic heterocycles. The zero-order valence-electron chi connectivity index (χ0n) is 12.5. The van der Waals surface area contributed by atoms with Crippen LogP contribution in [-0.2, 0) is 14.2 Å². The zero-order valence-corrected chi connectivity index (χ0v) is 12.5. The number of likely N-dealkylation sites (N-methyl/N-ethyl adjacent to an activating group) is 1. The lowest BCUT2D eigenvalue weighted by atomic mass is 10.1. The average Bonchev–Trinajstić information content (AvgIpc) is 2.38. The van der Waals surface area contributed by atoms with Crippen LogP contribution in [0, 0.1) is 0 Å². The third-order valence-electron chi connectivity index (χ3n) is 3.69. The van der Waals surface area contributed by atoms with Gasteiger partial charge in [0.15, 0.2) is 0 Å². The Kier molecular flexibility index (Phi) is 5.59. The van der Waals surface area contributed by atoms with Gasteiger partial charge < -0.3 is 19.5 Å². The van der Waals surface area contributed by atoms with Gasteiger partial charge in [-0.3, -0.25) is 4.90 Å². The van der Waals surface area contributed by atoms with Crippen LogP contribution in [-0.4, -0.2) is 75.3 Å². The maximum Gasteiger partial charge on any atom is 0.0940 e. The van der Waals surface area contributed by atoms with Crippen molar-refractivity contribution in [3.8, 4) is 0 Å². The first kappa shape index (κ1) is 15.2. The van der Waals surface area contributed by atoms with Crippen molar-refractivity contribution in [2.24, 2.45) is 0 Å². The second-order valence-corrected chi connectivity index (χ2v) is 6.05. The Balaban J connectivity index is 1.63. The second-order valence-electron chi connectivity index (χ2n) is 6.05. The molecule has 0 aromatic heterocycles. The Morgan fingerprint density at radius 3 is 2.84 bits per heavy atom. The first-order valence-electron chi connectivity index (χ1n) is 7.39. The number of ether oxygens (including phenoxy) is 3. The van der Waals surface area contributed by atoms with E-state index in [-0.39, 0.29) is 17.8 Å². The predicted molar refractivity (Wildman–Crippen MR) is 74.5 cm³/mol. The summed E-state index contributed by atoms with van der Waals surface area (Å²) in [5.74, 6) is 0. The van der Waals surface area contributed by atoms with Crippen LogP contribution in [0.25, 0.3) is 0 Å². The summed E-state index contributed by atoms with van der Waals surface area (Å²) < 4.78 is 17.5. The van der Waals surface area contributed by atoms with Crippen molar-refractivity contribution in [2.45, 2.75) is 38.6 Å². The number of hydrogen-bond acceptors (Lipinski definition) is 5. The van der Waals surface area contributed by atoms with E-state index in [4.69, 9.17) is 14.2 Å². The zero-order chi connectivity index (χ0) is 13.7. The standard InChI is InChI=1S/C14H28N2O3/c1-4-16-5-6-18-13(8-16)10-17-9-12-7-15-11-14(2,3)19-12/h12-13,15H,4-11H2,1-3H3. The van der Waals surface area contributed by atoms with Crippen LogP contribution in [0.4, 0.5) is 0 Å². The normalized spacial score (nSPS) is 32.4. The summed E-state index contributed by atoms with van der Waals surface area (Å²) in [5, 5.41) is 3.39. The molecule has 5 nitrogen and oxygen atoms in total. The van der Waals surface area contributed by atoms with Crippen LogP contribution in [0.5, 0.6) is 0 Å². The van der Waals surface area contributed by atoms with Gasteiger partial charge in [0.1, 0.15) is 0 Å². The van der Waals surface area contributed by atoms with Gasteiger partial charge >= 0.3 is 0 Å². The molecule has 0 aliphatic carbocycles. The third-order valence-corrected chi connectivity index (χ3v) is 3.69. The molecule has 2 saturated heterocycles. The SMILES string of the molecule is CCN1CCOC(COCC2CNCC(C)(C)O2)C1. The maximum atomic E-state index is 5.97. The first-order chi connectivity index (χ1) is 9.09. The fourth-order valence-corrected chi connectivity index (χ4v) is 2.66. The smallest absolute Gasteiger partial charge is 0.0940 e. The van der Waals surface area contributed by atoms with Crippen molar-refractivity contribution in [3.63, 3.8) is 0 Å². The first-order valence-corrected chi connectivity index (χ1v) is 7.39. The van der Waals surface area contributed by atoms with Gasteiger partial charge in [-0.15, -0.1) is 0 Å². The minimum absolute atomic E-state index is 0.0906. The van der Waals surface area contributed by atoms with E-state index in [0.717, 1.165) is 39.3 Å². The molecule has 0 aromatic rings. The Hall–Kier alpha value is -0.200. The van der Waals surface area contributed by atoms with Gasteiger partial charge in [-0.1, -0.05) is 6.92 Å². The average molecular weight is 272 g/mol. The molecular weight excluding hydrogens is 244 g/mol. The highest BCUT2D eigenvalue weighted by Gasteiger charge is 2.28. The lowest BCUT2D eigenvalue weighted by Crippen LogP contribution is -2.52. The van der Waals surface area contributed by atoms with Crippen LogP contribution in [0.1, 0.15) is 20.8 Å². The van der Waals surface area contributed by atoms with Crippen LogP contribution >= 0.6 is 0 Å². The predicted octanol–water partition coefficient (Wildman–Crippen LogP) is 0.491. The van der Waals surface area contributed by atoms with Gasteiger partial charge in [-0.05, 0) is 20.4 Å². The van der Waals surface area contributed by atoms with Crippen molar-refractivity contribution in [3.05, 3.63) is 0 Å². The molecule has 0 spiro atoms. The number of nitrogens with one attached hydrogen (secondary N) is 1. The summed E-state index contributed by atoms with van der Waals surface area (Å²) in [6.07, 6.45) is 0.355. The largest absolute Gasteiger partial charge is 0.376 e. The molecular formula is C14H28N2O3. The van der Waals surface area contributed by atoms with Crippen molar-refractivity contribution in [1.29, 1.82) is 0 Å². The fourth-order valence-electron chi connectivity index (χ4n) is 2.66. The Morgan fingerprint density at radius 1 is 1.32 bits per heavy atom. The quantitative estimate of drug-likeness (QED) is 0.789. The molecule has 0 bridgehead atoms. The van der Waals surface area contributed by atoms with Crippen molar-refractivity contribution in [1.82, 2.24) is 10.2 Å². The molecule has 2 heterocycles. The van der Waals surface area contributed by atoms with Gasteiger partial charge in [-0.25, -0.2) is 0 Å². The van der Waals surface area contributed by atoms with Crippen molar-refractivity contribution in [2.75, 3.05) is 52.5 Å². The van der Waals surface area contributed by atoms with Crippen LogP contribution in [0.15, 0.2) is 0 Å². The van der Waals surface area contributed by atoms with Crippen molar-refractivity contribution < 1.29 is 14.2 Å². The Morgan fingerprint density at radius 2 is 2.11 bits per heavy atom. The number of morpholine rings is 2. The van der Waals surface area contributed by atoms with E-state index in [1.807, 2.05) is 0 Å². The highest BCUT2D eigenvalue weighted by atomic mass is 16.6. The van der Waals surface area contributed by atoms with Crippen molar-refractivity contribution >= 4 is 0 Å². The number of hydrogen-bond donors (Lipinski definition) is 1. The molecule has 0 saturated carbocycles. The van der Waals surface area contributed by atoms with Gasteiger partial charge in [0, 0.05) is 26.2 Å². The van der Waals surface area contributed by atoms with Gasteiger partial charge in [-0.2, -0.15) is 0 Å². The molecule has 2 aliphatic rings. The van der Waals surface area contributed by atoms with E-state index in [2.05, 4.69) is 31.0 Å². The summed E-state index contributed by atoms with van der Waals surface area (Å²) in [6, 6.07) is 0. The highest BCUT2D eigenvalue weighted by Crippen LogP contribution is 2.15. The molecule has 19 heavy (non-hydrogen) atoms. The molecule has 0 radical (unpaired) electrons. The summed E-state index contributed by atoms with van der Waals surface area (Å²) >= 11 is 0. The fraction of sp³-hybridized carbons (Fsp3) is 1.00. The minimum Gasteiger partial charge on any atom is -0.376 e. The second kappa shape index (κ2) is 6.99. The number of rotatable bonds is 5. The number of nitrogens with zero attached hydrogens (tertiary/aromatic N) is 1. The lowest BCUT2D eigenvalue weighted by Gasteiger charge is -2.37. The summed E-state index contributed by atoms with van der Waals surface area (Å²) in [5.41, 5.74) is -0.0906. The van der Waals surface area contributed by atoms with E-state index in [9.17, 15) is 0 Å². The maximum absolute atomic E-state index is 5.97. The molecule has 2 rings (SSSR count). The van der Waals surface area contributed by atoms with E-state index in [0.29, 0.717) is 13.2 Å². The molecule has 1 N–H and O–H groups in total. The van der Waals surface area contributed by atoms with Gasteiger partial charge in [0.25, 0.3) is 0 Å². The van der Waals surface area contributed by atoms with Gasteiger partial charge in [0.2, 0.25) is 0 Å². The van der Waals surface area contributed by atoms with Crippen LogP contribution in [0.3, 0.4) is 0 Å². The summed E-state index contributed by atoms with van der Waals surface area (Å²) in [6.45, 7) is 13.4. The lowest BCUT2D eigenvalue weighted by molar-refractivity contribution is -0.133. The van der Waals surface area contributed by atoms with E-state index in [1.54, 1.807) is 0 Å².